The summed E-state index contributed by atoms with van der Waals surface area (Å²) < 4.78 is 10.9. The lowest BCUT2D eigenvalue weighted by Crippen LogP contribution is -2.32. The van der Waals surface area contributed by atoms with Crippen LogP contribution in [0.4, 0.5) is 11.4 Å². The minimum absolute atomic E-state index is 0.0640. The molecule has 1 N–H and O–H groups in total. The molecule has 1 heterocycles. The summed E-state index contributed by atoms with van der Waals surface area (Å²) in [5.74, 6) is 1.15. The van der Waals surface area contributed by atoms with Gasteiger partial charge in [0.1, 0.15) is 0 Å². The number of fused-ring (bicyclic) bond motifs is 1. The van der Waals surface area contributed by atoms with Crippen molar-refractivity contribution in [3.63, 3.8) is 0 Å². The van der Waals surface area contributed by atoms with E-state index >= 15 is 0 Å². The van der Waals surface area contributed by atoms with Gasteiger partial charge >= 0.3 is 0 Å². The largest absolute Gasteiger partial charge is 0.493 e. The Morgan fingerprint density at radius 3 is 2.37 bits per heavy atom. The zero-order chi connectivity index (χ0) is 24.9. The maximum Gasteiger partial charge on any atom is 0.273 e. The Morgan fingerprint density at radius 2 is 1.71 bits per heavy atom. The van der Waals surface area contributed by atoms with E-state index in [1.807, 2.05) is 24.3 Å². The van der Waals surface area contributed by atoms with Crippen molar-refractivity contribution in [3.05, 3.63) is 92.5 Å². The number of nitrogens with zero attached hydrogens (tertiary/aromatic N) is 2. The molecule has 4 rings (SSSR count). The monoisotopic (exact) mass is 475 g/mol. The van der Waals surface area contributed by atoms with Crippen molar-refractivity contribution in [1.29, 1.82) is 0 Å². The van der Waals surface area contributed by atoms with Crippen LogP contribution in [0.3, 0.4) is 0 Å². The first kappa shape index (κ1) is 24.2. The first-order chi connectivity index (χ1) is 16.9. The van der Waals surface area contributed by atoms with Gasteiger partial charge in [0, 0.05) is 42.5 Å². The summed E-state index contributed by atoms with van der Waals surface area (Å²) in [5, 5.41) is 14.0. The summed E-state index contributed by atoms with van der Waals surface area (Å²) >= 11 is 0. The van der Waals surface area contributed by atoms with Crippen molar-refractivity contribution < 1.29 is 19.2 Å². The Labute approximate surface area is 204 Å². The summed E-state index contributed by atoms with van der Waals surface area (Å²) in [5.41, 5.74) is 5.10. The van der Waals surface area contributed by atoms with Crippen LogP contribution < -0.4 is 14.8 Å². The molecule has 0 bridgehead atoms. The minimum atomic E-state index is -0.477. The quantitative estimate of drug-likeness (QED) is 0.372. The van der Waals surface area contributed by atoms with Crippen LogP contribution in [0.15, 0.2) is 54.6 Å². The molecule has 0 aliphatic carbocycles. The van der Waals surface area contributed by atoms with Crippen molar-refractivity contribution in [2.75, 3.05) is 32.6 Å². The summed E-state index contributed by atoms with van der Waals surface area (Å²) in [7, 11) is 3.31. The van der Waals surface area contributed by atoms with Crippen LogP contribution in [0.25, 0.3) is 0 Å². The predicted octanol–water partition coefficient (Wildman–Crippen LogP) is 4.77. The number of nitro benzene ring substituents is 1. The lowest BCUT2D eigenvalue weighted by atomic mass is 9.98. The van der Waals surface area contributed by atoms with E-state index in [0.717, 1.165) is 44.0 Å². The van der Waals surface area contributed by atoms with E-state index in [1.54, 1.807) is 33.3 Å². The normalized spacial score (nSPS) is 13.1. The van der Waals surface area contributed by atoms with E-state index in [9.17, 15) is 14.9 Å². The molecule has 3 aromatic rings. The smallest absolute Gasteiger partial charge is 0.273 e. The summed E-state index contributed by atoms with van der Waals surface area (Å²) in [6, 6.07) is 16.3. The molecule has 0 saturated heterocycles. The third-order valence-electron chi connectivity index (χ3n) is 6.39. The number of rotatable bonds is 8. The molecule has 0 unspecified atom stereocenters. The van der Waals surface area contributed by atoms with E-state index < -0.39 is 4.92 Å². The van der Waals surface area contributed by atoms with Gasteiger partial charge in [0.25, 0.3) is 11.6 Å². The molecular formula is C27H29N3O5. The molecular weight excluding hydrogens is 446 g/mol. The lowest BCUT2D eigenvalue weighted by Gasteiger charge is -2.29. The van der Waals surface area contributed by atoms with E-state index in [0.29, 0.717) is 11.3 Å². The Balaban J connectivity index is 1.33. The molecule has 0 aromatic heterocycles. The van der Waals surface area contributed by atoms with Gasteiger partial charge in [-0.2, -0.15) is 0 Å². The molecule has 3 aromatic carbocycles. The number of amides is 1. The summed E-state index contributed by atoms with van der Waals surface area (Å²) in [6.07, 6.45) is 1.86. The van der Waals surface area contributed by atoms with E-state index in [2.05, 4.69) is 22.3 Å². The molecule has 0 saturated carbocycles. The molecule has 182 valence electrons. The molecule has 0 fully saturated rings. The second-order valence-electron chi connectivity index (χ2n) is 8.66. The fourth-order valence-electron chi connectivity index (χ4n) is 4.33. The summed E-state index contributed by atoms with van der Waals surface area (Å²) in [6.45, 7) is 4.42. The van der Waals surface area contributed by atoms with Gasteiger partial charge in [0.15, 0.2) is 11.5 Å². The molecule has 8 nitrogen and oxygen atoms in total. The topological polar surface area (TPSA) is 93.9 Å². The lowest BCUT2D eigenvalue weighted by molar-refractivity contribution is -0.385. The summed E-state index contributed by atoms with van der Waals surface area (Å²) in [4.78, 5) is 25.6. The standard InChI is InChI=1S/C27H29N3O5/c1-18-4-7-21(14-24(18)30(32)33)27(31)28-23-8-5-19(6-9-23)10-12-29-13-11-20-15-25(34-2)26(35-3)16-22(20)17-29/h4-9,14-16H,10-13,17H2,1-3H3,(H,28,31). The van der Waals surface area contributed by atoms with Crippen LogP contribution in [0.2, 0.25) is 0 Å². The molecule has 35 heavy (non-hydrogen) atoms. The fraction of sp³-hybridized carbons (Fsp3) is 0.296. The number of hydrogen-bond donors (Lipinski definition) is 1. The van der Waals surface area contributed by atoms with Gasteiger partial charge < -0.3 is 14.8 Å². The number of carbonyl (C=O) groups excluding carboxylic acids is 1. The number of hydrogen-bond acceptors (Lipinski definition) is 6. The van der Waals surface area contributed by atoms with Crippen molar-refractivity contribution >= 4 is 17.3 Å². The molecule has 1 aliphatic rings. The zero-order valence-corrected chi connectivity index (χ0v) is 20.2. The highest BCUT2D eigenvalue weighted by atomic mass is 16.6. The molecule has 1 aliphatic heterocycles. The number of anilines is 1. The van der Waals surface area contributed by atoms with Crippen LogP contribution in [0.1, 0.15) is 32.6 Å². The second-order valence-corrected chi connectivity index (χ2v) is 8.66. The van der Waals surface area contributed by atoms with Crippen molar-refractivity contribution in [3.8, 4) is 11.5 Å². The van der Waals surface area contributed by atoms with Gasteiger partial charge in [-0.1, -0.05) is 18.2 Å². The maximum atomic E-state index is 12.5. The van der Waals surface area contributed by atoms with Crippen molar-refractivity contribution in [1.82, 2.24) is 4.90 Å². The van der Waals surface area contributed by atoms with Gasteiger partial charge in [-0.15, -0.1) is 0 Å². The van der Waals surface area contributed by atoms with Crippen LogP contribution >= 0.6 is 0 Å². The number of nitro groups is 1. The average Bonchev–Trinajstić information content (AvgIpc) is 2.87. The Kier molecular flexibility index (Phi) is 7.31. The van der Waals surface area contributed by atoms with Crippen LogP contribution in [-0.4, -0.2) is 43.0 Å². The number of carbonyl (C=O) groups is 1. The van der Waals surface area contributed by atoms with Gasteiger partial charge in [0.2, 0.25) is 0 Å². The van der Waals surface area contributed by atoms with Crippen LogP contribution in [0, 0.1) is 17.0 Å². The minimum Gasteiger partial charge on any atom is -0.493 e. The molecule has 0 radical (unpaired) electrons. The first-order valence-corrected chi connectivity index (χ1v) is 11.5. The molecule has 0 spiro atoms. The predicted molar refractivity (Wildman–Crippen MR) is 134 cm³/mol. The Morgan fingerprint density at radius 1 is 1.03 bits per heavy atom. The SMILES string of the molecule is COc1cc2c(cc1OC)CN(CCc1ccc(NC(=O)c3ccc(C)c([N+](=O)[O-])c3)cc1)CC2. The third-order valence-corrected chi connectivity index (χ3v) is 6.39. The van der Waals surface area contributed by atoms with Crippen molar-refractivity contribution in [2.45, 2.75) is 26.3 Å². The number of methoxy groups -OCH3 is 2. The van der Waals surface area contributed by atoms with Crippen LogP contribution in [-0.2, 0) is 19.4 Å². The molecule has 0 atom stereocenters. The van der Waals surface area contributed by atoms with Crippen molar-refractivity contribution in [2.24, 2.45) is 0 Å². The highest BCUT2D eigenvalue weighted by Crippen LogP contribution is 2.33. The van der Waals surface area contributed by atoms with Gasteiger partial charge in [-0.05, 0) is 66.8 Å². The number of ether oxygens (including phenoxy) is 2. The highest BCUT2D eigenvalue weighted by Gasteiger charge is 2.19. The fourth-order valence-corrected chi connectivity index (χ4v) is 4.33. The van der Waals surface area contributed by atoms with Crippen LogP contribution in [0.5, 0.6) is 11.5 Å². The van der Waals surface area contributed by atoms with Gasteiger partial charge in [0.05, 0.1) is 19.1 Å². The first-order valence-electron chi connectivity index (χ1n) is 11.5. The Hall–Kier alpha value is -3.91. The molecule has 8 heteroatoms. The molecule has 1 amide bonds. The number of benzene rings is 3. The highest BCUT2D eigenvalue weighted by molar-refractivity contribution is 6.04. The third kappa shape index (κ3) is 5.60. The van der Waals surface area contributed by atoms with Gasteiger partial charge in [-0.25, -0.2) is 0 Å². The average molecular weight is 476 g/mol. The van der Waals surface area contributed by atoms with Gasteiger partial charge in [-0.3, -0.25) is 19.8 Å². The van der Waals surface area contributed by atoms with E-state index in [1.165, 1.54) is 22.8 Å². The maximum absolute atomic E-state index is 12.5. The number of aryl methyl sites for hydroxylation is 1. The number of nitrogens with one attached hydrogen (secondary N) is 1. The second kappa shape index (κ2) is 10.6. The van der Waals surface area contributed by atoms with E-state index in [-0.39, 0.29) is 17.2 Å². The zero-order valence-electron chi connectivity index (χ0n) is 20.2. The Bertz CT molecular complexity index is 1240. The van der Waals surface area contributed by atoms with E-state index in [4.69, 9.17) is 9.47 Å².